The fourth-order valence-corrected chi connectivity index (χ4v) is 1.88. The molecule has 1 aromatic rings. The maximum Gasteiger partial charge on any atom is 0.307 e. The van der Waals surface area contributed by atoms with E-state index in [1.165, 1.54) is 0 Å². The zero-order chi connectivity index (χ0) is 12.8. The minimum Gasteiger partial charge on any atom is -0.481 e. The van der Waals surface area contributed by atoms with Gasteiger partial charge in [0.05, 0.1) is 5.92 Å². The second kappa shape index (κ2) is 6.62. The second-order valence-electron chi connectivity index (χ2n) is 4.20. The summed E-state index contributed by atoms with van der Waals surface area (Å²) in [6, 6.07) is 7.66. The fourth-order valence-electron chi connectivity index (χ4n) is 1.66. The molecule has 1 aromatic carbocycles. The number of hydrogen-bond acceptors (Lipinski definition) is 2. The quantitative estimate of drug-likeness (QED) is 0.850. The first-order valence-corrected chi connectivity index (χ1v) is 6.10. The molecule has 0 radical (unpaired) electrons. The molecule has 1 N–H and O–H groups in total. The van der Waals surface area contributed by atoms with E-state index in [4.69, 9.17) is 16.7 Å². The van der Waals surface area contributed by atoms with Crippen molar-refractivity contribution in [3.8, 4) is 0 Å². The van der Waals surface area contributed by atoms with E-state index in [9.17, 15) is 4.79 Å². The van der Waals surface area contributed by atoms with E-state index >= 15 is 0 Å². The highest BCUT2D eigenvalue weighted by Gasteiger charge is 2.15. The number of carbonyl (C=O) groups is 1. The molecule has 0 fully saturated rings. The third-order valence-electron chi connectivity index (χ3n) is 2.70. The number of carboxylic acids is 1. The van der Waals surface area contributed by atoms with Gasteiger partial charge in [0.2, 0.25) is 0 Å². The first kappa shape index (κ1) is 14.0. The molecule has 3 nitrogen and oxygen atoms in total. The minimum atomic E-state index is -0.755. The number of carboxylic acid groups (broad SMARTS) is 1. The van der Waals surface area contributed by atoms with Crippen molar-refractivity contribution in [2.45, 2.75) is 20.4 Å². The van der Waals surface area contributed by atoms with E-state index in [2.05, 4.69) is 4.90 Å². The Morgan fingerprint density at radius 2 is 2.24 bits per heavy atom. The Morgan fingerprint density at radius 1 is 1.53 bits per heavy atom. The average Bonchev–Trinajstić information content (AvgIpc) is 2.27. The van der Waals surface area contributed by atoms with Crippen molar-refractivity contribution in [2.75, 3.05) is 13.1 Å². The van der Waals surface area contributed by atoms with Gasteiger partial charge in [-0.25, -0.2) is 0 Å². The van der Waals surface area contributed by atoms with Gasteiger partial charge in [0.15, 0.2) is 0 Å². The Kier molecular flexibility index (Phi) is 5.45. The molecule has 0 spiro atoms. The van der Waals surface area contributed by atoms with Gasteiger partial charge in [-0.05, 0) is 24.2 Å². The molecule has 0 saturated heterocycles. The molecular formula is C13H18ClNO2. The molecule has 1 rings (SSSR count). The SMILES string of the molecule is CCN(Cc1cccc(Cl)c1)CC(C)C(=O)O. The van der Waals surface area contributed by atoms with Gasteiger partial charge in [0.1, 0.15) is 0 Å². The van der Waals surface area contributed by atoms with Crippen LogP contribution in [0.4, 0.5) is 0 Å². The lowest BCUT2D eigenvalue weighted by molar-refractivity contribution is -0.141. The molecule has 0 aliphatic rings. The molecule has 0 saturated carbocycles. The Morgan fingerprint density at radius 3 is 2.76 bits per heavy atom. The second-order valence-corrected chi connectivity index (χ2v) is 4.63. The summed E-state index contributed by atoms with van der Waals surface area (Å²) in [4.78, 5) is 12.9. The lowest BCUT2D eigenvalue weighted by Gasteiger charge is -2.22. The van der Waals surface area contributed by atoms with Gasteiger partial charge in [-0.15, -0.1) is 0 Å². The van der Waals surface area contributed by atoms with Gasteiger partial charge in [0.25, 0.3) is 0 Å². The number of halogens is 1. The predicted molar refractivity (Wildman–Crippen MR) is 69.2 cm³/mol. The van der Waals surface area contributed by atoms with Crippen molar-refractivity contribution in [3.63, 3.8) is 0 Å². The zero-order valence-corrected chi connectivity index (χ0v) is 10.9. The van der Waals surface area contributed by atoms with E-state index in [0.29, 0.717) is 11.6 Å². The van der Waals surface area contributed by atoms with E-state index < -0.39 is 5.97 Å². The van der Waals surface area contributed by atoms with Crippen LogP contribution in [0, 0.1) is 5.92 Å². The van der Waals surface area contributed by atoms with Crippen LogP contribution in [-0.2, 0) is 11.3 Å². The number of rotatable bonds is 6. The van der Waals surface area contributed by atoms with Crippen molar-refractivity contribution in [2.24, 2.45) is 5.92 Å². The molecule has 0 heterocycles. The molecule has 0 aliphatic carbocycles. The van der Waals surface area contributed by atoms with Crippen LogP contribution in [-0.4, -0.2) is 29.1 Å². The van der Waals surface area contributed by atoms with Crippen LogP contribution < -0.4 is 0 Å². The predicted octanol–water partition coefficient (Wildman–Crippen LogP) is 2.88. The van der Waals surface area contributed by atoms with Gasteiger partial charge in [-0.1, -0.05) is 37.6 Å². The summed E-state index contributed by atoms with van der Waals surface area (Å²) in [5.41, 5.74) is 1.11. The fraction of sp³-hybridized carbons (Fsp3) is 0.462. The Balaban J connectivity index is 2.61. The lowest BCUT2D eigenvalue weighted by atomic mass is 10.1. The van der Waals surface area contributed by atoms with Gasteiger partial charge in [0, 0.05) is 18.1 Å². The van der Waals surface area contributed by atoms with Gasteiger partial charge < -0.3 is 5.11 Å². The Bertz CT molecular complexity index is 381. The third-order valence-corrected chi connectivity index (χ3v) is 2.93. The van der Waals surface area contributed by atoms with Crippen LogP contribution in [0.1, 0.15) is 19.4 Å². The van der Waals surface area contributed by atoms with Crippen LogP contribution in [0.5, 0.6) is 0 Å². The smallest absolute Gasteiger partial charge is 0.307 e. The summed E-state index contributed by atoms with van der Waals surface area (Å²) in [6.45, 7) is 5.86. The Hall–Kier alpha value is -1.06. The molecular weight excluding hydrogens is 238 g/mol. The van der Waals surface area contributed by atoms with Crippen molar-refractivity contribution < 1.29 is 9.90 Å². The first-order chi connectivity index (χ1) is 8.02. The van der Waals surface area contributed by atoms with E-state index in [0.717, 1.165) is 18.7 Å². The summed E-state index contributed by atoms with van der Waals surface area (Å²) in [7, 11) is 0. The molecule has 0 aromatic heterocycles. The highest BCUT2D eigenvalue weighted by Crippen LogP contribution is 2.13. The molecule has 0 aliphatic heterocycles. The van der Waals surface area contributed by atoms with Gasteiger partial charge >= 0.3 is 5.97 Å². The third kappa shape index (κ3) is 4.75. The normalized spacial score (nSPS) is 12.7. The van der Waals surface area contributed by atoms with Crippen LogP contribution in [0.3, 0.4) is 0 Å². The summed E-state index contributed by atoms with van der Waals surface area (Å²) in [5.74, 6) is -1.11. The molecule has 0 amide bonds. The maximum atomic E-state index is 10.8. The number of hydrogen-bond donors (Lipinski definition) is 1. The summed E-state index contributed by atoms with van der Waals surface area (Å²) >= 11 is 5.92. The molecule has 1 unspecified atom stereocenters. The molecule has 4 heteroatoms. The average molecular weight is 256 g/mol. The van der Waals surface area contributed by atoms with Crippen molar-refractivity contribution in [1.29, 1.82) is 0 Å². The van der Waals surface area contributed by atoms with E-state index in [1.807, 2.05) is 31.2 Å². The van der Waals surface area contributed by atoms with Crippen LogP contribution in [0.2, 0.25) is 5.02 Å². The number of aliphatic carboxylic acids is 1. The highest BCUT2D eigenvalue weighted by molar-refractivity contribution is 6.30. The molecule has 0 bridgehead atoms. The zero-order valence-electron chi connectivity index (χ0n) is 10.2. The maximum absolute atomic E-state index is 10.8. The lowest BCUT2D eigenvalue weighted by Crippen LogP contribution is -2.31. The molecule has 94 valence electrons. The van der Waals surface area contributed by atoms with E-state index in [-0.39, 0.29) is 5.92 Å². The van der Waals surface area contributed by atoms with Crippen LogP contribution in [0.15, 0.2) is 24.3 Å². The molecule has 17 heavy (non-hydrogen) atoms. The number of nitrogens with zero attached hydrogens (tertiary/aromatic N) is 1. The molecule has 1 atom stereocenters. The minimum absolute atomic E-state index is 0.353. The number of benzene rings is 1. The van der Waals surface area contributed by atoms with Gasteiger partial charge in [-0.3, -0.25) is 9.69 Å². The van der Waals surface area contributed by atoms with Crippen molar-refractivity contribution in [3.05, 3.63) is 34.9 Å². The van der Waals surface area contributed by atoms with E-state index in [1.54, 1.807) is 6.92 Å². The highest BCUT2D eigenvalue weighted by atomic mass is 35.5. The van der Waals surface area contributed by atoms with Crippen molar-refractivity contribution >= 4 is 17.6 Å². The monoisotopic (exact) mass is 255 g/mol. The first-order valence-electron chi connectivity index (χ1n) is 5.72. The summed E-state index contributed by atoms with van der Waals surface area (Å²) in [6.07, 6.45) is 0. The largest absolute Gasteiger partial charge is 0.481 e. The van der Waals surface area contributed by atoms with Crippen LogP contribution in [0.25, 0.3) is 0 Å². The Labute approximate surface area is 107 Å². The van der Waals surface area contributed by atoms with Crippen LogP contribution >= 0.6 is 11.6 Å². The van der Waals surface area contributed by atoms with Crippen molar-refractivity contribution in [1.82, 2.24) is 4.90 Å². The summed E-state index contributed by atoms with van der Waals surface area (Å²) in [5, 5.41) is 9.60. The standard InChI is InChI=1S/C13H18ClNO2/c1-3-15(8-10(2)13(16)17)9-11-5-4-6-12(14)7-11/h4-7,10H,3,8-9H2,1-2H3,(H,16,17). The van der Waals surface area contributed by atoms with Gasteiger partial charge in [-0.2, -0.15) is 0 Å². The summed E-state index contributed by atoms with van der Waals surface area (Å²) < 4.78 is 0. The topological polar surface area (TPSA) is 40.5 Å².